The van der Waals surface area contributed by atoms with Crippen LogP contribution in [-0.2, 0) is 20.0 Å². The predicted octanol–water partition coefficient (Wildman–Crippen LogP) is 2.90. The van der Waals surface area contributed by atoms with Crippen LogP contribution in [0.5, 0.6) is 0 Å². The average Bonchev–Trinajstić information content (AvgIpc) is 2.73. The zero-order valence-corrected chi connectivity index (χ0v) is 19.1. The Morgan fingerprint density at radius 1 is 0.903 bits per heavy atom. The molecule has 0 aliphatic carbocycles. The molecule has 0 spiro atoms. The summed E-state index contributed by atoms with van der Waals surface area (Å²) in [4.78, 5) is 4.48. The predicted molar refractivity (Wildman–Crippen MR) is 122 cm³/mol. The first-order valence-corrected chi connectivity index (χ1v) is 13.2. The fourth-order valence-electron chi connectivity index (χ4n) is 3.49. The second kappa shape index (κ2) is 8.36. The summed E-state index contributed by atoms with van der Waals surface area (Å²) in [7, 11) is -7.02. The van der Waals surface area contributed by atoms with Gasteiger partial charge in [-0.15, -0.1) is 0 Å². The van der Waals surface area contributed by atoms with Gasteiger partial charge in [-0.2, -0.15) is 8.61 Å². The Morgan fingerprint density at radius 3 is 2.19 bits per heavy atom. The van der Waals surface area contributed by atoms with Crippen LogP contribution >= 0.6 is 11.6 Å². The summed E-state index contributed by atoms with van der Waals surface area (Å²) in [5, 5.41) is 4.78. The van der Waals surface area contributed by atoms with Crippen LogP contribution in [0.4, 0.5) is 11.4 Å². The summed E-state index contributed by atoms with van der Waals surface area (Å²) in [6, 6.07) is 13.8. The third-order valence-corrected chi connectivity index (χ3v) is 8.59. The molecule has 31 heavy (non-hydrogen) atoms. The lowest BCUT2D eigenvalue weighted by atomic mass is 10.2. The number of nitrogens with zero attached hydrogens (tertiary/aromatic N) is 3. The number of sulfonamides is 2. The van der Waals surface area contributed by atoms with Crippen molar-refractivity contribution in [2.24, 2.45) is 0 Å². The van der Waals surface area contributed by atoms with Gasteiger partial charge in [0.15, 0.2) is 0 Å². The fourth-order valence-corrected chi connectivity index (χ4v) is 5.90. The molecule has 1 saturated heterocycles. The molecule has 0 saturated carbocycles. The third kappa shape index (κ3) is 4.68. The molecule has 2 aromatic carbocycles. The molecule has 0 radical (unpaired) electrons. The molecule has 11 heteroatoms. The van der Waals surface area contributed by atoms with Crippen LogP contribution in [0.2, 0.25) is 5.02 Å². The molecule has 164 valence electrons. The number of piperazine rings is 1. The van der Waals surface area contributed by atoms with Crippen LogP contribution in [0.25, 0.3) is 10.9 Å². The first-order valence-electron chi connectivity index (χ1n) is 9.51. The first-order chi connectivity index (χ1) is 14.6. The standard InChI is InChI=1S/C20H21ClN4O4S2/c1-30(26,27)24-10-12-25(13-11-24)31(28,29)17-5-3-16(4-6-17)23-19-8-9-22-20-14-15(21)2-7-18(19)20/h2-9,14H,10-13H2,1H3,(H,22,23). The number of aromatic nitrogens is 1. The largest absolute Gasteiger partial charge is 0.355 e. The number of fused-ring (bicyclic) bond motifs is 1. The highest BCUT2D eigenvalue weighted by molar-refractivity contribution is 7.89. The number of rotatable bonds is 5. The molecule has 0 atom stereocenters. The maximum absolute atomic E-state index is 12.9. The molecule has 0 unspecified atom stereocenters. The average molecular weight is 481 g/mol. The summed E-state index contributed by atoms with van der Waals surface area (Å²) in [6.07, 6.45) is 2.81. The molecule has 1 N–H and O–H groups in total. The van der Waals surface area contributed by atoms with E-state index in [0.29, 0.717) is 5.02 Å². The molecule has 0 bridgehead atoms. The van der Waals surface area contributed by atoms with Gasteiger partial charge in [0.2, 0.25) is 20.0 Å². The summed E-state index contributed by atoms with van der Waals surface area (Å²) in [5.41, 5.74) is 2.31. The lowest BCUT2D eigenvalue weighted by molar-refractivity contribution is 0.274. The number of hydrogen-bond acceptors (Lipinski definition) is 6. The summed E-state index contributed by atoms with van der Waals surface area (Å²) in [5.74, 6) is 0. The highest BCUT2D eigenvalue weighted by atomic mass is 35.5. The monoisotopic (exact) mass is 480 g/mol. The van der Waals surface area contributed by atoms with Crippen molar-refractivity contribution in [3.8, 4) is 0 Å². The molecule has 1 aliphatic rings. The van der Waals surface area contributed by atoms with Gasteiger partial charge in [-0.1, -0.05) is 11.6 Å². The molecule has 2 heterocycles. The number of pyridine rings is 1. The number of anilines is 2. The Kier molecular flexibility index (Phi) is 5.93. The molecule has 8 nitrogen and oxygen atoms in total. The number of benzene rings is 2. The van der Waals surface area contributed by atoms with Crippen molar-refractivity contribution >= 4 is 53.9 Å². The van der Waals surface area contributed by atoms with Gasteiger partial charge in [-0.25, -0.2) is 16.8 Å². The van der Waals surface area contributed by atoms with Gasteiger partial charge in [0.1, 0.15) is 0 Å². The van der Waals surface area contributed by atoms with Crippen molar-refractivity contribution < 1.29 is 16.8 Å². The van der Waals surface area contributed by atoms with E-state index in [1.54, 1.807) is 42.6 Å². The molecule has 1 aliphatic heterocycles. The van der Waals surface area contributed by atoms with Crippen molar-refractivity contribution in [2.45, 2.75) is 4.90 Å². The van der Waals surface area contributed by atoms with Gasteiger partial charge in [-0.3, -0.25) is 4.98 Å². The van der Waals surface area contributed by atoms with Gasteiger partial charge in [0.25, 0.3) is 0 Å². The van der Waals surface area contributed by atoms with Gasteiger partial charge in [0.05, 0.1) is 16.7 Å². The Balaban J connectivity index is 1.51. The fraction of sp³-hybridized carbons (Fsp3) is 0.250. The molecule has 4 rings (SSSR count). The van der Waals surface area contributed by atoms with Gasteiger partial charge >= 0.3 is 0 Å². The minimum Gasteiger partial charge on any atom is -0.355 e. The minimum atomic E-state index is -3.70. The van der Waals surface area contributed by atoms with Crippen molar-refractivity contribution in [2.75, 3.05) is 37.8 Å². The first kappa shape index (κ1) is 22.0. The Morgan fingerprint density at radius 2 is 1.55 bits per heavy atom. The summed E-state index contributed by atoms with van der Waals surface area (Å²) < 4.78 is 51.8. The van der Waals surface area contributed by atoms with Gasteiger partial charge in [0, 0.05) is 54.2 Å². The molecule has 0 amide bonds. The highest BCUT2D eigenvalue weighted by Gasteiger charge is 2.31. The SMILES string of the molecule is CS(=O)(=O)N1CCN(S(=O)(=O)c2ccc(Nc3ccnc4cc(Cl)ccc34)cc2)CC1. The van der Waals surface area contributed by atoms with Crippen LogP contribution in [0, 0.1) is 0 Å². The molecular weight excluding hydrogens is 460 g/mol. The maximum atomic E-state index is 12.9. The van der Waals surface area contributed by atoms with Gasteiger partial charge in [-0.05, 0) is 48.5 Å². The van der Waals surface area contributed by atoms with Crippen molar-refractivity contribution in [1.82, 2.24) is 13.6 Å². The van der Waals surface area contributed by atoms with Crippen molar-refractivity contribution in [3.05, 3.63) is 59.8 Å². The summed E-state index contributed by atoms with van der Waals surface area (Å²) >= 11 is 6.03. The Labute approximate surface area is 186 Å². The second-order valence-electron chi connectivity index (χ2n) is 7.24. The normalized spacial score (nSPS) is 16.5. The topological polar surface area (TPSA) is 99.7 Å². The smallest absolute Gasteiger partial charge is 0.243 e. The van der Waals surface area contributed by atoms with E-state index in [9.17, 15) is 16.8 Å². The third-order valence-electron chi connectivity index (χ3n) is 5.14. The van der Waals surface area contributed by atoms with Crippen molar-refractivity contribution in [1.29, 1.82) is 0 Å². The molecular formula is C20H21ClN4O4S2. The van der Waals surface area contributed by atoms with E-state index in [1.165, 1.54) is 8.61 Å². The lowest BCUT2D eigenvalue weighted by Crippen LogP contribution is -2.50. The lowest BCUT2D eigenvalue weighted by Gasteiger charge is -2.32. The number of nitrogens with one attached hydrogen (secondary N) is 1. The summed E-state index contributed by atoms with van der Waals surface area (Å²) in [6.45, 7) is 0.551. The van der Waals surface area contributed by atoms with Crippen LogP contribution in [0.1, 0.15) is 0 Å². The highest BCUT2D eigenvalue weighted by Crippen LogP contribution is 2.28. The Bertz CT molecular complexity index is 1320. The van der Waals surface area contributed by atoms with E-state index in [-0.39, 0.29) is 31.1 Å². The van der Waals surface area contributed by atoms with Gasteiger partial charge < -0.3 is 5.32 Å². The van der Waals surface area contributed by atoms with E-state index >= 15 is 0 Å². The maximum Gasteiger partial charge on any atom is 0.243 e. The van der Waals surface area contributed by atoms with E-state index in [4.69, 9.17) is 11.6 Å². The van der Waals surface area contributed by atoms with Crippen LogP contribution in [0.15, 0.2) is 59.6 Å². The van der Waals surface area contributed by atoms with E-state index in [2.05, 4.69) is 10.3 Å². The quantitative estimate of drug-likeness (QED) is 0.602. The second-order valence-corrected chi connectivity index (χ2v) is 11.6. The van der Waals surface area contributed by atoms with E-state index in [0.717, 1.165) is 28.5 Å². The molecule has 3 aromatic rings. The zero-order valence-electron chi connectivity index (χ0n) is 16.7. The van der Waals surface area contributed by atoms with Crippen molar-refractivity contribution in [3.63, 3.8) is 0 Å². The molecule has 1 fully saturated rings. The minimum absolute atomic E-state index is 0.126. The Hall–Kier alpha value is -2.24. The van der Waals surface area contributed by atoms with E-state index < -0.39 is 20.0 Å². The van der Waals surface area contributed by atoms with Crippen LogP contribution in [0.3, 0.4) is 0 Å². The number of hydrogen-bond donors (Lipinski definition) is 1. The zero-order chi connectivity index (χ0) is 22.2. The van der Waals surface area contributed by atoms with Crippen LogP contribution < -0.4 is 5.32 Å². The number of halogens is 1. The molecule has 1 aromatic heterocycles. The van der Waals surface area contributed by atoms with Crippen LogP contribution in [-0.4, -0.2) is 62.9 Å². The van der Waals surface area contributed by atoms with E-state index in [1.807, 2.05) is 12.1 Å².